The van der Waals surface area contributed by atoms with Crippen LogP contribution in [0.4, 0.5) is 5.69 Å². The van der Waals surface area contributed by atoms with E-state index in [1.807, 2.05) is 12.2 Å². The molecule has 3 rings (SSSR count). The van der Waals surface area contributed by atoms with Crippen LogP contribution in [0.2, 0.25) is 0 Å². The van der Waals surface area contributed by atoms with E-state index in [4.69, 9.17) is 0 Å². The highest BCUT2D eigenvalue weighted by molar-refractivity contribution is 6.22. The molecule has 2 amide bonds. The second-order valence-electron chi connectivity index (χ2n) is 5.27. The van der Waals surface area contributed by atoms with Crippen molar-refractivity contribution in [2.45, 2.75) is 19.8 Å². The van der Waals surface area contributed by atoms with Gasteiger partial charge in [0.05, 0.1) is 17.5 Å². The second kappa shape index (κ2) is 4.71. The number of carbonyl (C=O) groups is 3. The average molecular weight is 269 g/mol. The van der Waals surface area contributed by atoms with Crippen LogP contribution in [0.25, 0.3) is 0 Å². The standard InChI is InChI=1S/C16H15NO3/c1-10(18)11-5-4-6-12(9-11)17-15(19)13-7-2-3-8-14(13)16(17)20/h2-6,9,13-14H,7-8H2,1H3. The summed E-state index contributed by atoms with van der Waals surface area (Å²) in [5.74, 6) is -0.859. The van der Waals surface area contributed by atoms with Crippen LogP contribution >= 0.6 is 0 Å². The Morgan fingerprint density at radius 1 is 1.10 bits per heavy atom. The van der Waals surface area contributed by atoms with Crippen LogP contribution in [0.5, 0.6) is 0 Å². The van der Waals surface area contributed by atoms with Crippen LogP contribution < -0.4 is 4.90 Å². The van der Waals surface area contributed by atoms with Crippen molar-refractivity contribution in [1.29, 1.82) is 0 Å². The third kappa shape index (κ3) is 1.88. The fourth-order valence-electron chi connectivity index (χ4n) is 2.92. The summed E-state index contributed by atoms with van der Waals surface area (Å²) in [5, 5.41) is 0. The zero-order valence-electron chi connectivity index (χ0n) is 11.2. The minimum atomic E-state index is -0.242. The Morgan fingerprint density at radius 2 is 1.70 bits per heavy atom. The van der Waals surface area contributed by atoms with Gasteiger partial charge in [-0.2, -0.15) is 0 Å². The number of nitrogens with zero attached hydrogens (tertiary/aromatic N) is 1. The summed E-state index contributed by atoms with van der Waals surface area (Å²) in [6.45, 7) is 1.47. The van der Waals surface area contributed by atoms with Crippen LogP contribution in [-0.4, -0.2) is 17.6 Å². The molecule has 1 aromatic carbocycles. The van der Waals surface area contributed by atoms with E-state index in [2.05, 4.69) is 0 Å². The molecule has 0 radical (unpaired) electrons. The first-order chi connectivity index (χ1) is 9.59. The molecule has 0 spiro atoms. The molecule has 1 aliphatic heterocycles. The van der Waals surface area contributed by atoms with Gasteiger partial charge < -0.3 is 0 Å². The van der Waals surface area contributed by atoms with Crippen molar-refractivity contribution in [2.24, 2.45) is 11.8 Å². The highest BCUT2D eigenvalue weighted by Gasteiger charge is 2.47. The van der Waals surface area contributed by atoms with E-state index in [-0.39, 0.29) is 29.4 Å². The van der Waals surface area contributed by atoms with E-state index in [1.165, 1.54) is 11.8 Å². The first kappa shape index (κ1) is 12.8. The maximum Gasteiger partial charge on any atom is 0.238 e. The second-order valence-corrected chi connectivity index (χ2v) is 5.27. The molecule has 1 aliphatic carbocycles. The van der Waals surface area contributed by atoms with E-state index >= 15 is 0 Å². The van der Waals surface area contributed by atoms with E-state index in [0.29, 0.717) is 24.1 Å². The van der Waals surface area contributed by atoms with E-state index < -0.39 is 0 Å². The van der Waals surface area contributed by atoms with Crippen LogP contribution in [0.15, 0.2) is 36.4 Å². The van der Waals surface area contributed by atoms with Crippen LogP contribution in [0.1, 0.15) is 30.1 Å². The molecular formula is C16H15NO3. The molecule has 102 valence electrons. The topological polar surface area (TPSA) is 54.5 Å². The fraction of sp³-hybridized carbons (Fsp3) is 0.312. The van der Waals surface area contributed by atoms with Gasteiger partial charge in [0, 0.05) is 5.56 Å². The largest absolute Gasteiger partial charge is 0.295 e. The number of Topliss-reactive ketones (excluding diaryl/α,β-unsaturated/α-hetero) is 1. The third-order valence-electron chi connectivity index (χ3n) is 4.02. The van der Waals surface area contributed by atoms with Gasteiger partial charge >= 0.3 is 0 Å². The zero-order chi connectivity index (χ0) is 14.3. The van der Waals surface area contributed by atoms with E-state index in [9.17, 15) is 14.4 Å². The first-order valence-electron chi connectivity index (χ1n) is 6.73. The molecule has 0 aromatic heterocycles. The molecule has 2 atom stereocenters. The van der Waals surface area contributed by atoms with Gasteiger partial charge in [0.15, 0.2) is 5.78 Å². The molecule has 2 aliphatic rings. The Hall–Kier alpha value is -2.23. The number of fused-ring (bicyclic) bond motifs is 1. The van der Waals surface area contributed by atoms with Gasteiger partial charge in [0.1, 0.15) is 0 Å². The van der Waals surface area contributed by atoms with Crippen molar-refractivity contribution in [3.05, 3.63) is 42.0 Å². The van der Waals surface area contributed by atoms with Crippen LogP contribution in [0.3, 0.4) is 0 Å². The maximum atomic E-state index is 12.4. The molecule has 0 saturated carbocycles. The Morgan fingerprint density at radius 3 is 2.25 bits per heavy atom. The van der Waals surface area contributed by atoms with Crippen molar-refractivity contribution in [3.63, 3.8) is 0 Å². The predicted molar refractivity (Wildman–Crippen MR) is 74.3 cm³/mol. The molecule has 1 fully saturated rings. The van der Waals surface area contributed by atoms with Crippen LogP contribution in [0, 0.1) is 11.8 Å². The summed E-state index contributed by atoms with van der Waals surface area (Å²) in [4.78, 5) is 37.5. The molecule has 0 bridgehead atoms. The monoisotopic (exact) mass is 269 g/mol. The fourth-order valence-corrected chi connectivity index (χ4v) is 2.92. The number of allylic oxidation sites excluding steroid dienone is 2. The van der Waals surface area contributed by atoms with Crippen molar-refractivity contribution < 1.29 is 14.4 Å². The summed E-state index contributed by atoms with van der Waals surface area (Å²) in [6, 6.07) is 6.70. The van der Waals surface area contributed by atoms with Gasteiger partial charge in [-0.3, -0.25) is 19.3 Å². The smallest absolute Gasteiger partial charge is 0.238 e. The van der Waals surface area contributed by atoms with Crippen molar-refractivity contribution >= 4 is 23.3 Å². The molecule has 0 N–H and O–H groups in total. The normalized spacial score (nSPS) is 24.9. The van der Waals surface area contributed by atoms with Crippen LogP contribution in [-0.2, 0) is 9.59 Å². The number of hydrogen-bond acceptors (Lipinski definition) is 3. The Balaban J connectivity index is 1.98. The van der Waals surface area contributed by atoms with Gasteiger partial charge in [0.2, 0.25) is 11.8 Å². The van der Waals surface area contributed by atoms with E-state index in [0.717, 1.165) is 0 Å². The lowest BCUT2D eigenvalue weighted by molar-refractivity contribution is -0.122. The van der Waals surface area contributed by atoms with Gasteiger partial charge in [-0.05, 0) is 31.9 Å². The summed E-state index contributed by atoms with van der Waals surface area (Å²) in [7, 11) is 0. The van der Waals surface area contributed by atoms with Crippen molar-refractivity contribution in [3.8, 4) is 0 Å². The van der Waals surface area contributed by atoms with Gasteiger partial charge in [-0.15, -0.1) is 0 Å². The molecule has 20 heavy (non-hydrogen) atoms. The number of rotatable bonds is 2. The summed E-state index contributed by atoms with van der Waals surface area (Å²) in [6.07, 6.45) is 5.17. The van der Waals surface area contributed by atoms with Crippen molar-refractivity contribution in [1.82, 2.24) is 0 Å². The minimum absolute atomic E-state index is 0.0787. The molecular weight excluding hydrogens is 254 g/mol. The number of imide groups is 1. The van der Waals surface area contributed by atoms with Gasteiger partial charge in [-0.25, -0.2) is 0 Å². The summed E-state index contributed by atoms with van der Waals surface area (Å²) >= 11 is 0. The number of amides is 2. The highest BCUT2D eigenvalue weighted by Crippen LogP contribution is 2.37. The number of ketones is 1. The Labute approximate surface area is 117 Å². The number of benzene rings is 1. The number of anilines is 1. The molecule has 1 heterocycles. The first-order valence-corrected chi connectivity index (χ1v) is 6.73. The predicted octanol–water partition coefficient (Wildman–Crippen LogP) is 2.34. The quantitative estimate of drug-likeness (QED) is 0.470. The minimum Gasteiger partial charge on any atom is -0.295 e. The Bertz CT molecular complexity index is 606. The van der Waals surface area contributed by atoms with Gasteiger partial charge in [0.25, 0.3) is 0 Å². The van der Waals surface area contributed by atoms with E-state index in [1.54, 1.807) is 24.3 Å². The van der Waals surface area contributed by atoms with Gasteiger partial charge in [-0.1, -0.05) is 24.3 Å². The molecule has 2 unspecified atom stereocenters. The SMILES string of the molecule is CC(=O)c1cccc(N2C(=O)C3CC=CCC3C2=O)c1. The number of carbonyl (C=O) groups excluding carboxylic acids is 3. The maximum absolute atomic E-state index is 12.4. The molecule has 1 saturated heterocycles. The van der Waals surface area contributed by atoms with Crippen molar-refractivity contribution in [2.75, 3.05) is 4.90 Å². The average Bonchev–Trinajstić information content (AvgIpc) is 2.72. The lowest BCUT2D eigenvalue weighted by Crippen LogP contribution is -2.31. The lowest BCUT2D eigenvalue weighted by atomic mass is 9.85. The molecule has 4 nitrogen and oxygen atoms in total. The summed E-state index contributed by atoms with van der Waals surface area (Å²) < 4.78 is 0. The summed E-state index contributed by atoms with van der Waals surface area (Å²) in [5.41, 5.74) is 1.01. The third-order valence-corrected chi connectivity index (χ3v) is 4.02. The highest BCUT2D eigenvalue weighted by atomic mass is 16.2. The zero-order valence-corrected chi connectivity index (χ0v) is 11.2. The number of hydrogen-bond donors (Lipinski definition) is 0. The molecule has 4 heteroatoms. The Kier molecular flexibility index (Phi) is 3.01. The molecule has 1 aromatic rings. The lowest BCUT2D eigenvalue weighted by Gasteiger charge is -2.15.